The highest BCUT2D eigenvalue weighted by molar-refractivity contribution is 5.46. The Bertz CT molecular complexity index is 416. The highest BCUT2D eigenvalue weighted by atomic mass is 16.5. The molecule has 0 saturated carbocycles. The molecule has 118 valence electrons. The van der Waals surface area contributed by atoms with E-state index in [1.807, 2.05) is 19.1 Å². The van der Waals surface area contributed by atoms with Gasteiger partial charge in [-0.15, -0.1) is 0 Å². The average Bonchev–Trinajstić information content (AvgIpc) is 2.53. The van der Waals surface area contributed by atoms with Crippen molar-refractivity contribution in [1.82, 2.24) is 5.32 Å². The van der Waals surface area contributed by atoms with Crippen molar-refractivity contribution in [2.24, 2.45) is 0 Å². The molecule has 0 radical (unpaired) electrons. The van der Waals surface area contributed by atoms with E-state index in [-0.39, 0.29) is 0 Å². The second-order valence-corrected chi connectivity index (χ2v) is 5.34. The van der Waals surface area contributed by atoms with Gasteiger partial charge in [0.2, 0.25) is 0 Å². The van der Waals surface area contributed by atoms with Crippen LogP contribution in [0.3, 0.4) is 0 Å². The summed E-state index contributed by atoms with van der Waals surface area (Å²) in [6, 6.07) is 6.03. The number of rotatable bonds is 8. The Morgan fingerprint density at radius 3 is 2.95 bits per heavy atom. The second-order valence-electron chi connectivity index (χ2n) is 5.34. The topological polar surface area (TPSA) is 39.7 Å². The number of ether oxygens (including phenoxy) is 3. The van der Waals surface area contributed by atoms with E-state index in [0.29, 0.717) is 12.7 Å². The molecular weight excluding hydrogens is 266 g/mol. The molecule has 4 heteroatoms. The van der Waals surface area contributed by atoms with Crippen molar-refractivity contribution in [2.45, 2.75) is 45.3 Å². The van der Waals surface area contributed by atoms with E-state index < -0.39 is 0 Å². The minimum atomic E-state index is 0.433. The zero-order valence-corrected chi connectivity index (χ0v) is 13.2. The van der Waals surface area contributed by atoms with Crippen molar-refractivity contribution in [3.63, 3.8) is 0 Å². The minimum Gasteiger partial charge on any atom is -0.493 e. The summed E-state index contributed by atoms with van der Waals surface area (Å²) in [7, 11) is 1.69. The number of para-hydroxylation sites is 1. The van der Waals surface area contributed by atoms with Crippen LogP contribution in [0.15, 0.2) is 18.2 Å². The molecule has 1 unspecified atom stereocenters. The first-order valence-corrected chi connectivity index (χ1v) is 7.96. The molecule has 2 rings (SSSR count). The standard InChI is InChI=1S/C17H27NO3/c1-3-20-16-9-6-7-14(17(16)19-2)13-18-11-10-15-8-4-5-12-21-15/h6-7,9,15,18H,3-5,8,10-13H2,1-2H3. The largest absolute Gasteiger partial charge is 0.493 e. The van der Waals surface area contributed by atoms with Crippen molar-refractivity contribution in [3.05, 3.63) is 23.8 Å². The normalized spacial score (nSPS) is 18.5. The van der Waals surface area contributed by atoms with Crippen LogP contribution in [0.2, 0.25) is 0 Å². The lowest BCUT2D eigenvalue weighted by Gasteiger charge is -2.22. The molecule has 1 aromatic rings. The molecule has 1 N–H and O–H groups in total. The van der Waals surface area contributed by atoms with E-state index in [1.165, 1.54) is 19.3 Å². The van der Waals surface area contributed by atoms with Gasteiger partial charge in [0, 0.05) is 18.7 Å². The fourth-order valence-electron chi connectivity index (χ4n) is 2.72. The lowest BCUT2D eigenvalue weighted by atomic mass is 10.1. The van der Waals surface area contributed by atoms with Gasteiger partial charge < -0.3 is 19.5 Å². The Balaban J connectivity index is 1.80. The van der Waals surface area contributed by atoms with E-state index in [9.17, 15) is 0 Å². The zero-order chi connectivity index (χ0) is 14.9. The number of hydrogen-bond donors (Lipinski definition) is 1. The predicted octanol–water partition coefficient (Wildman–Crippen LogP) is 3.14. The van der Waals surface area contributed by atoms with Crippen LogP contribution in [0.4, 0.5) is 0 Å². The summed E-state index contributed by atoms with van der Waals surface area (Å²) in [5.41, 5.74) is 1.13. The smallest absolute Gasteiger partial charge is 0.165 e. The molecule has 1 aliphatic rings. The summed E-state index contributed by atoms with van der Waals surface area (Å²) in [6.45, 7) is 5.30. The lowest BCUT2D eigenvalue weighted by Crippen LogP contribution is -2.25. The molecule has 1 aliphatic heterocycles. The first kappa shape index (κ1) is 16.1. The van der Waals surface area contributed by atoms with Gasteiger partial charge in [-0.25, -0.2) is 0 Å². The van der Waals surface area contributed by atoms with Crippen LogP contribution < -0.4 is 14.8 Å². The molecular formula is C17H27NO3. The highest BCUT2D eigenvalue weighted by Gasteiger charge is 2.13. The first-order chi connectivity index (χ1) is 10.3. The third-order valence-corrected chi connectivity index (χ3v) is 3.80. The van der Waals surface area contributed by atoms with Gasteiger partial charge in [-0.2, -0.15) is 0 Å². The zero-order valence-electron chi connectivity index (χ0n) is 13.2. The molecule has 4 nitrogen and oxygen atoms in total. The average molecular weight is 293 g/mol. The van der Waals surface area contributed by atoms with E-state index >= 15 is 0 Å². The van der Waals surface area contributed by atoms with Crippen LogP contribution in [0.25, 0.3) is 0 Å². The quantitative estimate of drug-likeness (QED) is 0.747. The Morgan fingerprint density at radius 1 is 1.33 bits per heavy atom. The van der Waals surface area contributed by atoms with Crippen LogP contribution in [-0.2, 0) is 11.3 Å². The lowest BCUT2D eigenvalue weighted by molar-refractivity contribution is 0.0115. The van der Waals surface area contributed by atoms with Gasteiger partial charge in [-0.05, 0) is 45.2 Å². The molecule has 0 amide bonds. The molecule has 21 heavy (non-hydrogen) atoms. The predicted molar refractivity (Wildman–Crippen MR) is 84.1 cm³/mol. The number of nitrogens with one attached hydrogen (secondary N) is 1. The van der Waals surface area contributed by atoms with Crippen LogP contribution in [0, 0.1) is 0 Å². The SMILES string of the molecule is CCOc1cccc(CNCCC2CCCCO2)c1OC. The maximum absolute atomic E-state index is 5.74. The molecule has 1 heterocycles. The first-order valence-electron chi connectivity index (χ1n) is 7.96. The van der Waals surface area contributed by atoms with Gasteiger partial charge in [0.25, 0.3) is 0 Å². The van der Waals surface area contributed by atoms with Crippen LogP contribution in [0.1, 0.15) is 38.2 Å². The summed E-state index contributed by atoms with van der Waals surface area (Å²) >= 11 is 0. The third kappa shape index (κ3) is 4.90. The maximum Gasteiger partial charge on any atom is 0.165 e. The van der Waals surface area contributed by atoms with E-state index in [4.69, 9.17) is 14.2 Å². The Hall–Kier alpha value is -1.26. The fraction of sp³-hybridized carbons (Fsp3) is 0.647. The van der Waals surface area contributed by atoms with E-state index in [0.717, 1.165) is 43.2 Å². The summed E-state index contributed by atoms with van der Waals surface area (Å²) in [6.07, 6.45) is 5.22. The number of methoxy groups -OCH3 is 1. The Morgan fingerprint density at radius 2 is 2.24 bits per heavy atom. The minimum absolute atomic E-state index is 0.433. The van der Waals surface area contributed by atoms with E-state index in [1.54, 1.807) is 7.11 Å². The number of hydrogen-bond acceptors (Lipinski definition) is 4. The monoisotopic (exact) mass is 293 g/mol. The maximum atomic E-state index is 5.74. The number of benzene rings is 1. The van der Waals surface area contributed by atoms with Crippen molar-refractivity contribution in [3.8, 4) is 11.5 Å². The second kappa shape index (κ2) is 8.90. The van der Waals surface area contributed by atoms with Gasteiger partial charge in [0.15, 0.2) is 11.5 Å². The third-order valence-electron chi connectivity index (χ3n) is 3.80. The van der Waals surface area contributed by atoms with Crippen molar-refractivity contribution >= 4 is 0 Å². The Labute approximate surface area is 127 Å². The molecule has 1 saturated heterocycles. The van der Waals surface area contributed by atoms with Gasteiger partial charge in [0.1, 0.15) is 0 Å². The van der Waals surface area contributed by atoms with Crippen molar-refractivity contribution < 1.29 is 14.2 Å². The van der Waals surface area contributed by atoms with Crippen LogP contribution in [0.5, 0.6) is 11.5 Å². The molecule has 0 spiro atoms. The Kier molecular flexibility index (Phi) is 6.83. The summed E-state index contributed by atoms with van der Waals surface area (Å²) in [4.78, 5) is 0. The molecule has 0 aromatic heterocycles. The molecule has 0 bridgehead atoms. The summed E-state index contributed by atoms with van der Waals surface area (Å²) < 4.78 is 16.8. The van der Waals surface area contributed by atoms with E-state index in [2.05, 4.69) is 11.4 Å². The van der Waals surface area contributed by atoms with Gasteiger partial charge in [0.05, 0.1) is 19.8 Å². The molecule has 1 aromatic carbocycles. The molecule has 1 atom stereocenters. The molecule has 1 fully saturated rings. The van der Waals surface area contributed by atoms with Crippen LogP contribution >= 0.6 is 0 Å². The summed E-state index contributed by atoms with van der Waals surface area (Å²) in [5, 5.41) is 3.48. The van der Waals surface area contributed by atoms with Crippen molar-refractivity contribution in [1.29, 1.82) is 0 Å². The summed E-state index contributed by atoms with van der Waals surface area (Å²) in [5.74, 6) is 1.65. The highest BCUT2D eigenvalue weighted by Crippen LogP contribution is 2.30. The van der Waals surface area contributed by atoms with Gasteiger partial charge in [-0.3, -0.25) is 0 Å². The van der Waals surface area contributed by atoms with Gasteiger partial charge in [-0.1, -0.05) is 12.1 Å². The van der Waals surface area contributed by atoms with Crippen LogP contribution in [-0.4, -0.2) is 33.0 Å². The molecule has 0 aliphatic carbocycles. The van der Waals surface area contributed by atoms with Gasteiger partial charge >= 0.3 is 0 Å². The fourth-order valence-corrected chi connectivity index (χ4v) is 2.72. The van der Waals surface area contributed by atoms with Crippen molar-refractivity contribution in [2.75, 3.05) is 26.9 Å².